The summed E-state index contributed by atoms with van der Waals surface area (Å²) in [6.45, 7) is 2.76. The molecule has 1 aliphatic carbocycles. The van der Waals surface area contributed by atoms with E-state index < -0.39 is 0 Å². The number of fused-ring (bicyclic) bond motifs is 1. The molecule has 0 unspecified atom stereocenters. The van der Waals surface area contributed by atoms with Crippen molar-refractivity contribution >= 4 is 16.9 Å². The van der Waals surface area contributed by atoms with E-state index in [0.717, 1.165) is 17.3 Å². The molecule has 0 bridgehead atoms. The van der Waals surface area contributed by atoms with Crippen molar-refractivity contribution in [3.05, 3.63) is 35.6 Å². The minimum absolute atomic E-state index is 0.600. The molecule has 1 saturated carbocycles. The fourth-order valence-electron chi connectivity index (χ4n) is 2.17. The van der Waals surface area contributed by atoms with Gasteiger partial charge in [0.2, 0.25) is 0 Å². The summed E-state index contributed by atoms with van der Waals surface area (Å²) < 4.78 is 5.87. The second kappa shape index (κ2) is 4.96. The summed E-state index contributed by atoms with van der Waals surface area (Å²) in [5.74, 6) is 1.82. The summed E-state index contributed by atoms with van der Waals surface area (Å²) >= 11 is 0. The predicted molar refractivity (Wildman–Crippen MR) is 77.3 cm³/mol. The van der Waals surface area contributed by atoms with E-state index >= 15 is 0 Å². The lowest BCUT2D eigenvalue weighted by molar-refractivity contribution is 0.534. The third-order valence-corrected chi connectivity index (χ3v) is 3.50. The maximum atomic E-state index is 5.87. The first kappa shape index (κ1) is 12.1. The average Bonchev–Trinajstić information content (AvgIpc) is 3.20. The van der Waals surface area contributed by atoms with Crippen molar-refractivity contribution in [3.63, 3.8) is 0 Å². The monoisotopic (exact) mass is 257 g/mol. The van der Waals surface area contributed by atoms with E-state index in [-0.39, 0.29) is 0 Å². The normalized spacial score (nSPS) is 15.8. The van der Waals surface area contributed by atoms with Crippen LogP contribution in [-0.2, 0) is 6.54 Å². The molecule has 2 N–H and O–H groups in total. The highest BCUT2D eigenvalue weighted by Gasteiger charge is 2.22. The molecule has 1 heterocycles. The van der Waals surface area contributed by atoms with E-state index in [0.29, 0.717) is 12.6 Å². The van der Waals surface area contributed by atoms with Gasteiger partial charge in [0, 0.05) is 24.0 Å². The Morgan fingerprint density at radius 1 is 1.37 bits per heavy atom. The van der Waals surface area contributed by atoms with Crippen LogP contribution in [0.25, 0.3) is 11.0 Å². The van der Waals surface area contributed by atoms with Crippen molar-refractivity contribution in [3.8, 4) is 0 Å². The Kier molecular flexibility index (Phi) is 3.15. The van der Waals surface area contributed by atoms with E-state index in [2.05, 4.69) is 28.6 Å². The molecule has 0 atom stereocenters. The summed E-state index contributed by atoms with van der Waals surface area (Å²) in [5.41, 5.74) is 2.15. The van der Waals surface area contributed by atoms with Gasteiger partial charge in [-0.15, -0.1) is 0 Å². The smallest absolute Gasteiger partial charge is 0.191 e. The minimum Gasteiger partial charge on any atom is -0.459 e. The summed E-state index contributed by atoms with van der Waals surface area (Å²) in [6.07, 6.45) is 2.48. The number of aliphatic imine (C=N–C) groups is 1. The number of rotatable bonds is 3. The van der Waals surface area contributed by atoms with Crippen molar-refractivity contribution in [2.75, 3.05) is 7.05 Å². The van der Waals surface area contributed by atoms with Crippen LogP contribution in [0.3, 0.4) is 0 Å². The van der Waals surface area contributed by atoms with E-state index in [1.54, 1.807) is 7.05 Å². The molecule has 1 fully saturated rings. The Hall–Kier alpha value is -1.97. The standard InChI is InChI=1S/C15H19N3O/c1-10-12-5-3-4-6-13(12)19-14(10)9-17-15(16-2)18-11-7-8-11/h3-6,11H,7-9H2,1-2H3,(H2,16,17,18). The van der Waals surface area contributed by atoms with Gasteiger partial charge in [0.15, 0.2) is 5.96 Å². The fraction of sp³-hybridized carbons (Fsp3) is 0.400. The quantitative estimate of drug-likeness (QED) is 0.656. The first-order valence-corrected chi connectivity index (χ1v) is 6.72. The van der Waals surface area contributed by atoms with Gasteiger partial charge >= 0.3 is 0 Å². The van der Waals surface area contributed by atoms with Gasteiger partial charge in [-0.2, -0.15) is 0 Å². The van der Waals surface area contributed by atoms with Crippen LogP contribution < -0.4 is 10.6 Å². The molecule has 0 saturated heterocycles. The van der Waals surface area contributed by atoms with Crippen LogP contribution in [0, 0.1) is 6.92 Å². The number of furan rings is 1. The number of nitrogens with zero attached hydrogens (tertiary/aromatic N) is 1. The fourth-order valence-corrected chi connectivity index (χ4v) is 2.17. The summed E-state index contributed by atoms with van der Waals surface area (Å²) in [5, 5.41) is 7.85. The Morgan fingerprint density at radius 2 is 2.16 bits per heavy atom. The SMILES string of the molecule is CN=C(NCc1oc2ccccc2c1C)NC1CC1. The first-order chi connectivity index (χ1) is 9.28. The number of para-hydroxylation sites is 1. The van der Waals surface area contributed by atoms with Gasteiger partial charge in [-0.25, -0.2) is 0 Å². The number of nitrogens with one attached hydrogen (secondary N) is 2. The largest absolute Gasteiger partial charge is 0.459 e. The van der Waals surface area contributed by atoms with Crippen LogP contribution in [0.1, 0.15) is 24.2 Å². The Bertz CT molecular complexity index is 611. The molecular formula is C15H19N3O. The Labute approximate surface area is 112 Å². The molecule has 4 nitrogen and oxygen atoms in total. The van der Waals surface area contributed by atoms with Crippen molar-refractivity contribution in [1.29, 1.82) is 0 Å². The summed E-state index contributed by atoms with van der Waals surface area (Å²) in [4.78, 5) is 4.22. The van der Waals surface area contributed by atoms with Gasteiger partial charge in [-0.1, -0.05) is 18.2 Å². The van der Waals surface area contributed by atoms with Crippen LogP contribution in [0.5, 0.6) is 0 Å². The van der Waals surface area contributed by atoms with Crippen LogP contribution in [0.2, 0.25) is 0 Å². The predicted octanol–water partition coefficient (Wildman–Crippen LogP) is 2.57. The highest BCUT2D eigenvalue weighted by molar-refractivity contribution is 5.83. The third-order valence-electron chi connectivity index (χ3n) is 3.50. The zero-order chi connectivity index (χ0) is 13.2. The highest BCUT2D eigenvalue weighted by atomic mass is 16.3. The Balaban J connectivity index is 1.72. The van der Waals surface area contributed by atoms with Crippen molar-refractivity contribution < 1.29 is 4.42 Å². The molecule has 0 spiro atoms. The van der Waals surface area contributed by atoms with Gasteiger partial charge < -0.3 is 15.1 Å². The number of aryl methyl sites for hydroxylation is 1. The van der Waals surface area contributed by atoms with Gasteiger partial charge in [0.05, 0.1) is 6.54 Å². The van der Waals surface area contributed by atoms with Gasteiger partial charge in [0.25, 0.3) is 0 Å². The summed E-state index contributed by atoms with van der Waals surface area (Å²) in [7, 11) is 1.79. The van der Waals surface area contributed by atoms with Crippen LogP contribution >= 0.6 is 0 Å². The van der Waals surface area contributed by atoms with Gasteiger partial charge in [-0.3, -0.25) is 4.99 Å². The van der Waals surface area contributed by atoms with E-state index in [1.165, 1.54) is 23.8 Å². The molecular weight excluding hydrogens is 238 g/mol. The molecule has 1 aromatic carbocycles. The number of guanidine groups is 1. The number of hydrogen-bond donors (Lipinski definition) is 2. The van der Waals surface area contributed by atoms with Gasteiger partial charge in [0.1, 0.15) is 11.3 Å². The molecule has 4 heteroatoms. The second-order valence-corrected chi connectivity index (χ2v) is 4.99. The second-order valence-electron chi connectivity index (χ2n) is 4.99. The number of benzene rings is 1. The lowest BCUT2D eigenvalue weighted by Gasteiger charge is -2.10. The van der Waals surface area contributed by atoms with Crippen molar-refractivity contribution in [2.45, 2.75) is 32.4 Å². The molecule has 1 aromatic heterocycles. The van der Waals surface area contributed by atoms with E-state index in [9.17, 15) is 0 Å². The number of hydrogen-bond acceptors (Lipinski definition) is 2. The van der Waals surface area contributed by atoms with Crippen LogP contribution in [-0.4, -0.2) is 19.0 Å². The van der Waals surface area contributed by atoms with Crippen molar-refractivity contribution in [1.82, 2.24) is 10.6 Å². The molecule has 100 valence electrons. The van der Waals surface area contributed by atoms with Crippen LogP contribution in [0.15, 0.2) is 33.7 Å². The molecule has 3 rings (SSSR count). The maximum Gasteiger partial charge on any atom is 0.191 e. The molecule has 2 aromatic rings. The van der Waals surface area contributed by atoms with Crippen LogP contribution in [0.4, 0.5) is 0 Å². The molecule has 0 aliphatic heterocycles. The van der Waals surface area contributed by atoms with E-state index in [4.69, 9.17) is 4.42 Å². The molecule has 19 heavy (non-hydrogen) atoms. The van der Waals surface area contributed by atoms with Crippen molar-refractivity contribution in [2.24, 2.45) is 4.99 Å². The zero-order valence-corrected chi connectivity index (χ0v) is 11.4. The van der Waals surface area contributed by atoms with Gasteiger partial charge in [-0.05, 0) is 25.8 Å². The lowest BCUT2D eigenvalue weighted by Crippen LogP contribution is -2.38. The zero-order valence-electron chi connectivity index (χ0n) is 11.4. The maximum absolute atomic E-state index is 5.87. The van der Waals surface area contributed by atoms with E-state index in [1.807, 2.05) is 18.2 Å². The highest BCUT2D eigenvalue weighted by Crippen LogP contribution is 2.24. The third kappa shape index (κ3) is 2.57. The lowest BCUT2D eigenvalue weighted by atomic mass is 10.1. The summed E-state index contributed by atoms with van der Waals surface area (Å²) in [6, 6.07) is 8.73. The molecule has 0 radical (unpaired) electrons. The molecule has 1 aliphatic rings. The first-order valence-electron chi connectivity index (χ1n) is 6.72. The average molecular weight is 257 g/mol. The topological polar surface area (TPSA) is 49.6 Å². The molecule has 0 amide bonds. The minimum atomic E-state index is 0.600. The Morgan fingerprint density at radius 3 is 2.84 bits per heavy atom.